The van der Waals surface area contributed by atoms with Crippen LogP contribution in [0.25, 0.3) is 0 Å². The summed E-state index contributed by atoms with van der Waals surface area (Å²) in [6.45, 7) is 3.08. The van der Waals surface area contributed by atoms with Crippen molar-refractivity contribution in [3.05, 3.63) is 0 Å². The number of nitrogens with zero attached hydrogens (tertiary/aromatic N) is 1. The molecule has 1 saturated carbocycles. The Balaban J connectivity index is 2.03. The zero-order valence-corrected chi connectivity index (χ0v) is 11.0. The van der Waals surface area contributed by atoms with Crippen LogP contribution in [0.4, 0.5) is 0 Å². The average molecular weight is 240 g/mol. The van der Waals surface area contributed by atoms with E-state index >= 15 is 0 Å². The standard InChI is InChI=1S/C13H24N2O2/c1-14-7-12(16)15-8-11(9-17-2)13(10-15)5-3-4-6-13/h11,14H,3-10H2,1-2H3/t11-/m1/s1. The van der Waals surface area contributed by atoms with Gasteiger partial charge in [0.2, 0.25) is 5.91 Å². The second-order valence-electron chi connectivity index (χ2n) is 5.53. The van der Waals surface area contributed by atoms with Gasteiger partial charge in [-0.15, -0.1) is 0 Å². The van der Waals surface area contributed by atoms with Crippen LogP contribution in [0.5, 0.6) is 0 Å². The Kier molecular flexibility index (Phi) is 4.05. The molecule has 4 nitrogen and oxygen atoms in total. The van der Waals surface area contributed by atoms with E-state index in [1.807, 2.05) is 11.9 Å². The van der Waals surface area contributed by atoms with Crippen molar-refractivity contribution >= 4 is 5.91 Å². The summed E-state index contributed by atoms with van der Waals surface area (Å²) < 4.78 is 5.35. The second-order valence-corrected chi connectivity index (χ2v) is 5.53. The van der Waals surface area contributed by atoms with E-state index in [1.54, 1.807) is 7.11 Å². The number of nitrogens with one attached hydrogen (secondary N) is 1. The van der Waals surface area contributed by atoms with Gasteiger partial charge in [0, 0.05) is 26.1 Å². The highest BCUT2D eigenvalue weighted by Gasteiger charge is 2.48. The Bertz CT molecular complexity index is 275. The van der Waals surface area contributed by atoms with E-state index in [0.717, 1.165) is 19.7 Å². The molecule has 1 atom stereocenters. The molecule has 17 heavy (non-hydrogen) atoms. The van der Waals surface area contributed by atoms with Crippen LogP contribution in [0.3, 0.4) is 0 Å². The van der Waals surface area contributed by atoms with Gasteiger partial charge in [-0.05, 0) is 25.3 Å². The molecule has 98 valence electrons. The first-order valence-corrected chi connectivity index (χ1v) is 6.63. The van der Waals surface area contributed by atoms with Crippen LogP contribution in [0.15, 0.2) is 0 Å². The van der Waals surface area contributed by atoms with Crippen LogP contribution in [0.2, 0.25) is 0 Å². The van der Waals surface area contributed by atoms with Crippen molar-refractivity contribution in [3.63, 3.8) is 0 Å². The van der Waals surface area contributed by atoms with E-state index in [1.165, 1.54) is 25.7 Å². The third kappa shape index (κ3) is 2.47. The lowest BCUT2D eigenvalue weighted by atomic mass is 9.77. The number of likely N-dealkylation sites (tertiary alicyclic amines) is 1. The molecule has 0 radical (unpaired) electrons. The van der Waals surface area contributed by atoms with Gasteiger partial charge in [-0.2, -0.15) is 0 Å². The number of ether oxygens (including phenoxy) is 1. The highest BCUT2D eigenvalue weighted by Crippen LogP contribution is 2.49. The van der Waals surface area contributed by atoms with Gasteiger partial charge in [-0.1, -0.05) is 12.8 Å². The summed E-state index contributed by atoms with van der Waals surface area (Å²) in [7, 11) is 3.59. The predicted octanol–water partition coefficient (Wildman–Crippen LogP) is 0.871. The molecule has 2 aliphatic rings. The zero-order chi connectivity index (χ0) is 12.3. The quantitative estimate of drug-likeness (QED) is 0.793. The summed E-state index contributed by atoms with van der Waals surface area (Å²) in [4.78, 5) is 14.0. The van der Waals surface area contributed by atoms with Crippen molar-refractivity contribution in [3.8, 4) is 0 Å². The monoisotopic (exact) mass is 240 g/mol. The Hall–Kier alpha value is -0.610. The van der Waals surface area contributed by atoms with E-state index in [4.69, 9.17) is 4.74 Å². The van der Waals surface area contributed by atoms with Gasteiger partial charge in [0.05, 0.1) is 13.2 Å². The molecule has 2 fully saturated rings. The van der Waals surface area contributed by atoms with E-state index in [9.17, 15) is 4.79 Å². The summed E-state index contributed by atoms with van der Waals surface area (Å²) in [6.07, 6.45) is 5.16. The van der Waals surface area contributed by atoms with Crippen LogP contribution in [0, 0.1) is 11.3 Å². The Morgan fingerprint density at radius 1 is 1.47 bits per heavy atom. The average Bonchev–Trinajstić information content (AvgIpc) is 2.90. The van der Waals surface area contributed by atoms with Crippen LogP contribution in [0.1, 0.15) is 25.7 Å². The van der Waals surface area contributed by atoms with Crippen LogP contribution in [-0.4, -0.2) is 51.2 Å². The van der Waals surface area contributed by atoms with Crippen molar-refractivity contribution in [2.45, 2.75) is 25.7 Å². The first kappa shape index (κ1) is 12.8. The fourth-order valence-corrected chi connectivity index (χ4v) is 3.56. The zero-order valence-electron chi connectivity index (χ0n) is 11.0. The lowest BCUT2D eigenvalue weighted by Gasteiger charge is -2.29. The Labute approximate surface area is 104 Å². The van der Waals surface area contributed by atoms with E-state index in [0.29, 0.717) is 17.9 Å². The summed E-state index contributed by atoms with van der Waals surface area (Å²) in [5.41, 5.74) is 0.361. The predicted molar refractivity (Wildman–Crippen MR) is 66.8 cm³/mol. The Morgan fingerprint density at radius 2 is 2.18 bits per heavy atom. The van der Waals surface area contributed by atoms with Gasteiger partial charge in [0.1, 0.15) is 0 Å². The van der Waals surface area contributed by atoms with E-state index < -0.39 is 0 Å². The summed E-state index contributed by atoms with van der Waals surface area (Å²) in [5.74, 6) is 0.771. The summed E-state index contributed by atoms with van der Waals surface area (Å²) in [6, 6.07) is 0. The molecule has 4 heteroatoms. The normalized spacial score (nSPS) is 26.9. The van der Waals surface area contributed by atoms with Gasteiger partial charge in [0.25, 0.3) is 0 Å². The lowest BCUT2D eigenvalue weighted by Crippen LogP contribution is -2.36. The summed E-state index contributed by atoms with van der Waals surface area (Å²) in [5, 5.41) is 2.95. The molecular weight excluding hydrogens is 216 g/mol. The van der Waals surface area contributed by atoms with Gasteiger partial charge in [0.15, 0.2) is 0 Å². The minimum absolute atomic E-state index is 0.234. The molecule has 1 amide bonds. The van der Waals surface area contributed by atoms with Crippen molar-refractivity contribution in [2.24, 2.45) is 11.3 Å². The van der Waals surface area contributed by atoms with Crippen molar-refractivity contribution in [1.82, 2.24) is 10.2 Å². The van der Waals surface area contributed by atoms with Crippen molar-refractivity contribution in [2.75, 3.05) is 40.4 Å². The highest BCUT2D eigenvalue weighted by molar-refractivity contribution is 5.78. The summed E-state index contributed by atoms with van der Waals surface area (Å²) >= 11 is 0. The van der Waals surface area contributed by atoms with Crippen LogP contribution < -0.4 is 5.32 Å². The fraction of sp³-hybridized carbons (Fsp3) is 0.923. The third-order valence-corrected chi connectivity index (χ3v) is 4.46. The fourth-order valence-electron chi connectivity index (χ4n) is 3.56. The molecule has 0 bridgehead atoms. The number of rotatable bonds is 4. The molecule has 0 unspecified atom stereocenters. The van der Waals surface area contributed by atoms with E-state index in [-0.39, 0.29) is 5.91 Å². The maximum atomic E-state index is 12.0. The number of hydrogen-bond donors (Lipinski definition) is 1. The number of amides is 1. The maximum Gasteiger partial charge on any atom is 0.236 e. The third-order valence-electron chi connectivity index (χ3n) is 4.46. The Morgan fingerprint density at radius 3 is 2.76 bits per heavy atom. The van der Waals surface area contributed by atoms with Crippen molar-refractivity contribution < 1.29 is 9.53 Å². The molecule has 0 aromatic carbocycles. The molecule has 2 rings (SSSR count). The lowest BCUT2D eigenvalue weighted by molar-refractivity contribution is -0.129. The van der Waals surface area contributed by atoms with Gasteiger partial charge >= 0.3 is 0 Å². The SMILES string of the molecule is CNCC(=O)N1C[C@H](COC)C2(CCCC2)C1. The largest absolute Gasteiger partial charge is 0.384 e. The van der Waals surface area contributed by atoms with Crippen LogP contribution in [-0.2, 0) is 9.53 Å². The number of hydrogen-bond acceptors (Lipinski definition) is 3. The molecule has 1 spiro atoms. The van der Waals surface area contributed by atoms with Crippen LogP contribution >= 0.6 is 0 Å². The molecule has 0 aromatic heterocycles. The molecule has 1 saturated heterocycles. The highest BCUT2D eigenvalue weighted by atomic mass is 16.5. The smallest absolute Gasteiger partial charge is 0.236 e. The topological polar surface area (TPSA) is 41.6 Å². The number of methoxy groups -OCH3 is 1. The number of carbonyl (C=O) groups is 1. The van der Waals surface area contributed by atoms with Gasteiger partial charge in [-0.25, -0.2) is 0 Å². The van der Waals surface area contributed by atoms with E-state index in [2.05, 4.69) is 5.32 Å². The molecular formula is C13H24N2O2. The minimum atomic E-state index is 0.234. The molecule has 1 aliphatic carbocycles. The first-order valence-electron chi connectivity index (χ1n) is 6.63. The first-order chi connectivity index (χ1) is 8.22. The van der Waals surface area contributed by atoms with Crippen molar-refractivity contribution in [1.29, 1.82) is 0 Å². The number of likely N-dealkylation sites (N-methyl/N-ethyl adjacent to an activating group) is 1. The van der Waals surface area contributed by atoms with Gasteiger partial charge < -0.3 is 15.0 Å². The molecule has 1 N–H and O–H groups in total. The second kappa shape index (κ2) is 5.36. The minimum Gasteiger partial charge on any atom is -0.384 e. The molecule has 0 aromatic rings. The maximum absolute atomic E-state index is 12.0. The van der Waals surface area contributed by atoms with Gasteiger partial charge in [-0.3, -0.25) is 4.79 Å². The molecule has 1 heterocycles. The molecule has 1 aliphatic heterocycles. The number of carbonyl (C=O) groups excluding carboxylic acids is 1.